The summed E-state index contributed by atoms with van der Waals surface area (Å²) in [7, 11) is -0.380. The predicted molar refractivity (Wildman–Crippen MR) is 97.9 cm³/mol. The molecule has 5 rings (SSSR count). The molecule has 1 aromatic rings. The van der Waals surface area contributed by atoms with E-state index < -0.39 is 0 Å². The van der Waals surface area contributed by atoms with Gasteiger partial charge in [-0.2, -0.15) is 0 Å². The molecule has 0 aromatic heterocycles. The van der Waals surface area contributed by atoms with Gasteiger partial charge in [-0.25, -0.2) is 0 Å². The molecule has 5 heteroatoms. The zero-order valence-electron chi connectivity index (χ0n) is 15.6. The Bertz CT molecular complexity index is 664. The van der Waals surface area contributed by atoms with Crippen LogP contribution in [0.2, 0.25) is 0 Å². The lowest BCUT2D eigenvalue weighted by atomic mass is 9.43. The van der Waals surface area contributed by atoms with Crippen molar-refractivity contribution in [1.82, 2.24) is 5.32 Å². The van der Waals surface area contributed by atoms with Crippen molar-refractivity contribution < 1.29 is 14.1 Å². The lowest BCUT2D eigenvalue weighted by Crippen LogP contribution is -2.65. The third-order valence-electron chi connectivity index (χ3n) is 6.98. The van der Waals surface area contributed by atoms with E-state index >= 15 is 0 Å². The maximum atomic E-state index is 11.7. The van der Waals surface area contributed by atoms with Gasteiger partial charge >= 0.3 is 7.12 Å². The predicted octanol–water partition coefficient (Wildman–Crippen LogP) is 3.00. The van der Waals surface area contributed by atoms with Gasteiger partial charge in [0.25, 0.3) is 0 Å². The highest BCUT2D eigenvalue weighted by molar-refractivity contribution is 6.48. The summed E-state index contributed by atoms with van der Waals surface area (Å²) in [6.07, 6.45) is 3.15. The zero-order valence-corrected chi connectivity index (χ0v) is 15.6. The molecule has 3 aliphatic carbocycles. The SMILES string of the molecule is CC(=O)N[C@@H](Cc1ccccc1)B1O[C@@H]2C[C@@H]3C[C@@H](C3(C)C)[C@]2(C)O1. The van der Waals surface area contributed by atoms with Gasteiger partial charge in [-0.05, 0) is 49.0 Å². The van der Waals surface area contributed by atoms with Crippen molar-refractivity contribution in [1.29, 1.82) is 0 Å². The first-order chi connectivity index (χ1) is 11.8. The van der Waals surface area contributed by atoms with Gasteiger partial charge in [0.1, 0.15) is 0 Å². The van der Waals surface area contributed by atoms with Gasteiger partial charge in [-0.15, -0.1) is 0 Å². The van der Waals surface area contributed by atoms with Crippen molar-refractivity contribution in [2.24, 2.45) is 17.3 Å². The average molecular weight is 341 g/mol. The molecule has 0 unspecified atom stereocenters. The molecule has 1 aromatic carbocycles. The van der Waals surface area contributed by atoms with Gasteiger partial charge in [0.15, 0.2) is 0 Å². The summed E-state index contributed by atoms with van der Waals surface area (Å²) < 4.78 is 12.9. The van der Waals surface area contributed by atoms with Crippen LogP contribution in [0.25, 0.3) is 0 Å². The number of hydrogen-bond acceptors (Lipinski definition) is 3. The Hall–Kier alpha value is -1.33. The number of carbonyl (C=O) groups is 1. The molecular formula is C20H28BNO3. The van der Waals surface area contributed by atoms with Crippen molar-refractivity contribution in [3.05, 3.63) is 35.9 Å². The van der Waals surface area contributed by atoms with Gasteiger partial charge < -0.3 is 14.6 Å². The second kappa shape index (κ2) is 5.85. The molecule has 0 radical (unpaired) electrons. The highest BCUT2D eigenvalue weighted by Gasteiger charge is 2.68. The molecule has 134 valence electrons. The van der Waals surface area contributed by atoms with Crippen LogP contribution in [-0.4, -0.2) is 30.7 Å². The second-order valence-electron chi connectivity index (χ2n) is 8.83. The highest BCUT2D eigenvalue weighted by Crippen LogP contribution is 2.65. The Morgan fingerprint density at radius 3 is 2.64 bits per heavy atom. The van der Waals surface area contributed by atoms with E-state index in [-0.39, 0.29) is 30.7 Å². The van der Waals surface area contributed by atoms with Crippen LogP contribution in [-0.2, 0) is 20.5 Å². The van der Waals surface area contributed by atoms with Crippen LogP contribution in [0.15, 0.2) is 30.3 Å². The van der Waals surface area contributed by atoms with Gasteiger partial charge in [0.05, 0.1) is 17.6 Å². The summed E-state index contributed by atoms with van der Waals surface area (Å²) in [6, 6.07) is 10.2. The molecule has 1 heterocycles. The third kappa shape index (κ3) is 2.72. The number of amides is 1. The molecule has 4 aliphatic rings. The van der Waals surface area contributed by atoms with Crippen LogP contribution >= 0.6 is 0 Å². The van der Waals surface area contributed by atoms with E-state index in [1.54, 1.807) is 6.92 Å². The van der Waals surface area contributed by atoms with Crippen LogP contribution in [0.1, 0.15) is 46.1 Å². The van der Waals surface area contributed by atoms with E-state index in [1.807, 2.05) is 18.2 Å². The number of benzene rings is 1. The molecule has 3 saturated carbocycles. The quantitative estimate of drug-likeness (QED) is 0.857. The normalized spacial score (nSPS) is 36.3. The first-order valence-corrected chi connectivity index (χ1v) is 9.45. The summed E-state index contributed by atoms with van der Waals surface area (Å²) in [5.74, 6) is 1.05. The Kier molecular flexibility index (Phi) is 4.00. The minimum absolute atomic E-state index is 0.0437. The smallest absolute Gasteiger partial charge is 0.404 e. The van der Waals surface area contributed by atoms with Crippen molar-refractivity contribution in [3.63, 3.8) is 0 Å². The monoisotopic (exact) mass is 341 g/mol. The van der Waals surface area contributed by atoms with Crippen LogP contribution in [0.5, 0.6) is 0 Å². The van der Waals surface area contributed by atoms with E-state index in [2.05, 4.69) is 38.2 Å². The summed E-state index contributed by atoms with van der Waals surface area (Å²) in [4.78, 5) is 11.7. The maximum absolute atomic E-state index is 11.7. The molecule has 1 aliphatic heterocycles. The van der Waals surface area contributed by atoms with Gasteiger partial charge in [-0.1, -0.05) is 44.2 Å². The van der Waals surface area contributed by atoms with Crippen molar-refractivity contribution in [2.45, 2.75) is 64.6 Å². The van der Waals surface area contributed by atoms with Gasteiger partial charge in [0.2, 0.25) is 5.91 Å². The maximum Gasteiger partial charge on any atom is 0.482 e. The number of hydrogen-bond donors (Lipinski definition) is 1. The first kappa shape index (κ1) is 17.1. The highest BCUT2D eigenvalue weighted by atomic mass is 16.7. The topological polar surface area (TPSA) is 47.6 Å². The first-order valence-electron chi connectivity index (χ1n) is 9.45. The number of rotatable bonds is 4. The average Bonchev–Trinajstić information content (AvgIpc) is 2.91. The zero-order chi connectivity index (χ0) is 17.8. The summed E-state index contributed by atoms with van der Waals surface area (Å²) in [5, 5.41) is 3.06. The molecule has 1 saturated heterocycles. The lowest BCUT2D eigenvalue weighted by molar-refractivity contribution is -0.199. The molecule has 4 fully saturated rings. The van der Waals surface area contributed by atoms with E-state index in [0.29, 0.717) is 17.8 Å². The molecule has 25 heavy (non-hydrogen) atoms. The van der Waals surface area contributed by atoms with Crippen molar-refractivity contribution in [2.75, 3.05) is 0 Å². The fourth-order valence-electron chi connectivity index (χ4n) is 5.42. The summed E-state index contributed by atoms with van der Waals surface area (Å²) in [6.45, 7) is 8.49. The van der Waals surface area contributed by atoms with Crippen LogP contribution < -0.4 is 5.32 Å². The largest absolute Gasteiger partial charge is 0.482 e. The van der Waals surface area contributed by atoms with E-state index in [1.165, 1.54) is 12.0 Å². The standard InChI is InChI=1S/C20H28BNO3/c1-13(23)22-18(10-14-8-6-5-7-9-14)21-24-17-12-15-11-16(19(15,2)3)20(17,4)25-21/h5-9,15-18H,10-12H2,1-4H3,(H,22,23)/t15-,16-,17+,18-,20-/m0/s1. The summed E-state index contributed by atoms with van der Waals surface area (Å²) in [5.41, 5.74) is 1.26. The summed E-state index contributed by atoms with van der Waals surface area (Å²) >= 11 is 0. The second-order valence-corrected chi connectivity index (χ2v) is 8.83. The fraction of sp³-hybridized carbons (Fsp3) is 0.650. The Labute approximate surface area is 150 Å². The number of nitrogens with one attached hydrogen (secondary N) is 1. The molecule has 5 atom stereocenters. The number of carbonyl (C=O) groups excluding carboxylic acids is 1. The van der Waals surface area contributed by atoms with Crippen LogP contribution in [0, 0.1) is 17.3 Å². The Morgan fingerprint density at radius 1 is 1.28 bits per heavy atom. The van der Waals surface area contributed by atoms with Gasteiger partial charge in [-0.3, -0.25) is 4.79 Å². The van der Waals surface area contributed by atoms with E-state index in [0.717, 1.165) is 12.3 Å². The molecule has 1 amide bonds. The Balaban J connectivity index is 1.54. The Morgan fingerprint density at radius 2 is 2.00 bits per heavy atom. The molecular weight excluding hydrogens is 313 g/mol. The molecule has 4 nitrogen and oxygen atoms in total. The molecule has 1 N–H and O–H groups in total. The minimum Gasteiger partial charge on any atom is -0.404 e. The lowest BCUT2D eigenvalue weighted by Gasteiger charge is -2.64. The van der Waals surface area contributed by atoms with Crippen LogP contribution in [0.3, 0.4) is 0 Å². The van der Waals surface area contributed by atoms with E-state index in [9.17, 15) is 4.79 Å². The minimum atomic E-state index is -0.380. The fourth-order valence-corrected chi connectivity index (χ4v) is 5.42. The van der Waals surface area contributed by atoms with E-state index in [4.69, 9.17) is 9.31 Å². The van der Waals surface area contributed by atoms with Crippen molar-refractivity contribution >= 4 is 13.0 Å². The van der Waals surface area contributed by atoms with Crippen molar-refractivity contribution in [3.8, 4) is 0 Å². The molecule has 2 bridgehead atoms. The van der Waals surface area contributed by atoms with Gasteiger partial charge in [0, 0.05) is 6.92 Å². The third-order valence-corrected chi connectivity index (χ3v) is 6.98. The van der Waals surface area contributed by atoms with Crippen LogP contribution in [0.4, 0.5) is 0 Å². The molecule has 0 spiro atoms.